The molecule has 74 valence electrons. The quantitative estimate of drug-likeness (QED) is 0.492. The van der Waals surface area contributed by atoms with Crippen molar-refractivity contribution in [2.24, 2.45) is 12.9 Å². The van der Waals surface area contributed by atoms with Crippen molar-refractivity contribution in [2.75, 3.05) is 0 Å². The Labute approximate surface area is 73.1 Å². The van der Waals surface area contributed by atoms with E-state index in [0.29, 0.717) is 0 Å². The number of rotatable bonds is 3. The van der Waals surface area contributed by atoms with Gasteiger partial charge in [-0.25, -0.2) is 14.2 Å². The molecule has 8 heteroatoms. The molecule has 1 atom stereocenters. The van der Waals surface area contributed by atoms with Crippen molar-refractivity contribution in [3.8, 4) is 0 Å². The lowest BCUT2D eigenvalue weighted by Crippen LogP contribution is -2.40. The minimum absolute atomic E-state index is 0.127. The van der Waals surface area contributed by atoms with E-state index in [2.05, 4.69) is 15.4 Å². The molecule has 13 heavy (non-hydrogen) atoms. The maximum Gasteiger partial charge on any atom is 0.269 e. The number of aryl methyl sites for hydroxylation is 1. The highest BCUT2D eigenvalue weighted by atomic mass is 19.3. The van der Waals surface area contributed by atoms with Crippen LogP contribution < -0.4 is 11.3 Å². The normalized spacial score (nSPS) is 14.5. The van der Waals surface area contributed by atoms with Gasteiger partial charge in [-0.1, -0.05) is 0 Å². The molecule has 0 spiro atoms. The predicted octanol–water partition coefficient (Wildman–Crippen LogP) is -0.630. The van der Waals surface area contributed by atoms with E-state index in [9.17, 15) is 8.78 Å². The minimum atomic E-state index is -3.03. The van der Waals surface area contributed by atoms with Crippen LogP contribution in [0.3, 0.4) is 0 Å². The topological polar surface area (TPSA) is 81.7 Å². The largest absolute Gasteiger partial charge is 0.271 e. The first-order chi connectivity index (χ1) is 5.95. The fraction of sp³-hybridized carbons (Fsp3) is 0.800. The van der Waals surface area contributed by atoms with Gasteiger partial charge in [-0.05, 0) is 5.21 Å². The highest BCUT2D eigenvalue weighted by Gasteiger charge is 2.37. The Bertz CT molecular complexity index is 279. The van der Waals surface area contributed by atoms with E-state index in [1.165, 1.54) is 7.05 Å². The van der Waals surface area contributed by atoms with Crippen LogP contribution in [0.4, 0.5) is 8.78 Å². The Morgan fingerprint density at radius 3 is 2.54 bits per heavy atom. The minimum Gasteiger partial charge on any atom is -0.271 e. The Balaban J connectivity index is 2.91. The Hall–Kier alpha value is -1.15. The summed E-state index contributed by atoms with van der Waals surface area (Å²) in [7, 11) is 1.48. The van der Waals surface area contributed by atoms with E-state index in [1.807, 2.05) is 5.43 Å². The maximum atomic E-state index is 12.8. The molecule has 0 saturated heterocycles. The zero-order valence-electron chi connectivity index (χ0n) is 7.20. The van der Waals surface area contributed by atoms with Gasteiger partial charge < -0.3 is 0 Å². The number of tetrazole rings is 1. The van der Waals surface area contributed by atoms with E-state index in [0.717, 1.165) is 11.7 Å². The number of nitrogens with one attached hydrogen (secondary N) is 1. The molecular weight excluding hydrogens is 182 g/mol. The van der Waals surface area contributed by atoms with E-state index in [4.69, 9.17) is 5.84 Å². The van der Waals surface area contributed by atoms with E-state index < -0.39 is 12.0 Å². The third-order valence-corrected chi connectivity index (χ3v) is 1.46. The van der Waals surface area contributed by atoms with Crippen LogP contribution in [0.1, 0.15) is 18.8 Å². The fourth-order valence-corrected chi connectivity index (χ4v) is 0.862. The van der Waals surface area contributed by atoms with Gasteiger partial charge in [0.1, 0.15) is 6.04 Å². The Kier molecular flexibility index (Phi) is 2.52. The lowest BCUT2D eigenvalue weighted by atomic mass is 10.2. The average Bonchev–Trinajstić information content (AvgIpc) is 2.34. The molecule has 0 radical (unpaired) electrons. The molecule has 1 heterocycles. The summed E-state index contributed by atoms with van der Waals surface area (Å²) in [5.74, 6) is 1.80. The van der Waals surface area contributed by atoms with Crippen molar-refractivity contribution in [2.45, 2.75) is 18.9 Å². The number of hydrazine groups is 1. The first-order valence-corrected chi connectivity index (χ1v) is 3.53. The van der Waals surface area contributed by atoms with Gasteiger partial charge in [-0.15, -0.1) is 10.2 Å². The predicted molar refractivity (Wildman–Crippen MR) is 39.5 cm³/mol. The number of alkyl halides is 2. The summed E-state index contributed by atoms with van der Waals surface area (Å²) >= 11 is 0. The molecule has 1 aromatic heterocycles. The molecule has 1 rings (SSSR count). The zero-order valence-corrected chi connectivity index (χ0v) is 7.20. The molecule has 1 aromatic rings. The van der Waals surface area contributed by atoms with Gasteiger partial charge in [0, 0.05) is 6.92 Å². The van der Waals surface area contributed by atoms with E-state index in [1.54, 1.807) is 0 Å². The highest BCUT2D eigenvalue weighted by molar-refractivity contribution is 4.95. The summed E-state index contributed by atoms with van der Waals surface area (Å²) in [6.45, 7) is 0.730. The van der Waals surface area contributed by atoms with E-state index in [-0.39, 0.29) is 5.82 Å². The van der Waals surface area contributed by atoms with Crippen LogP contribution in [-0.4, -0.2) is 26.1 Å². The van der Waals surface area contributed by atoms with Gasteiger partial charge in [0.05, 0.1) is 7.05 Å². The molecule has 0 bridgehead atoms. The standard InChI is InChI=1S/C5H10F2N6/c1-5(6,7)3(9-8)4-10-12-13(2)11-4/h3,9H,8H2,1-2H3. The van der Waals surface area contributed by atoms with Crippen molar-refractivity contribution < 1.29 is 8.78 Å². The number of nitrogens with zero attached hydrogens (tertiary/aromatic N) is 4. The van der Waals surface area contributed by atoms with Crippen LogP contribution >= 0.6 is 0 Å². The highest BCUT2D eigenvalue weighted by Crippen LogP contribution is 2.27. The third-order valence-electron chi connectivity index (χ3n) is 1.46. The van der Waals surface area contributed by atoms with Crippen LogP contribution in [0.25, 0.3) is 0 Å². The summed E-state index contributed by atoms with van der Waals surface area (Å²) < 4.78 is 25.6. The summed E-state index contributed by atoms with van der Waals surface area (Å²) in [5, 5.41) is 10.5. The SMILES string of the molecule is Cn1nnc(C(NN)C(C)(F)F)n1. The second kappa shape index (κ2) is 3.30. The molecule has 3 N–H and O–H groups in total. The van der Waals surface area contributed by atoms with Gasteiger partial charge in [0.15, 0.2) is 5.82 Å². The summed E-state index contributed by atoms with van der Waals surface area (Å²) in [6, 6.07) is -1.42. The molecule has 0 fully saturated rings. The van der Waals surface area contributed by atoms with Crippen LogP contribution in [-0.2, 0) is 7.05 Å². The van der Waals surface area contributed by atoms with Gasteiger partial charge in [-0.3, -0.25) is 5.84 Å². The zero-order chi connectivity index (χ0) is 10.1. The number of hydrogen-bond acceptors (Lipinski definition) is 5. The maximum absolute atomic E-state index is 12.8. The van der Waals surface area contributed by atoms with Crippen molar-refractivity contribution in [1.82, 2.24) is 25.6 Å². The molecule has 1 unspecified atom stereocenters. The molecule has 0 aliphatic carbocycles. The number of halogens is 2. The molecular formula is C5H10F2N6. The Morgan fingerprint density at radius 2 is 2.23 bits per heavy atom. The Morgan fingerprint density at radius 1 is 1.62 bits per heavy atom. The van der Waals surface area contributed by atoms with Crippen molar-refractivity contribution in [3.63, 3.8) is 0 Å². The number of nitrogens with two attached hydrogens (primary N) is 1. The smallest absolute Gasteiger partial charge is 0.269 e. The van der Waals surface area contributed by atoms with Crippen LogP contribution in [0.15, 0.2) is 0 Å². The second-order valence-corrected chi connectivity index (χ2v) is 2.69. The number of hydrogen-bond donors (Lipinski definition) is 2. The molecule has 0 saturated carbocycles. The molecule has 6 nitrogen and oxygen atoms in total. The summed E-state index contributed by atoms with van der Waals surface area (Å²) in [5.41, 5.74) is 1.94. The van der Waals surface area contributed by atoms with Gasteiger partial charge in [-0.2, -0.15) is 4.80 Å². The van der Waals surface area contributed by atoms with Gasteiger partial charge in [0.25, 0.3) is 5.92 Å². The van der Waals surface area contributed by atoms with Crippen LogP contribution in [0.2, 0.25) is 0 Å². The van der Waals surface area contributed by atoms with Crippen molar-refractivity contribution in [1.29, 1.82) is 0 Å². The lowest BCUT2D eigenvalue weighted by molar-refractivity contribution is -0.0223. The van der Waals surface area contributed by atoms with Crippen molar-refractivity contribution >= 4 is 0 Å². The summed E-state index contributed by atoms with van der Waals surface area (Å²) in [6.07, 6.45) is 0. The molecule has 0 aromatic carbocycles. The van der Waals surface area contributed by atoms with Crippen LogP contribution in [0.5, 0.6) is 0 Å². The molecule has 0 aliphatic rings. The van der Waals surface area contributed by atoms with Gasteiger partial charge in [0.2, 0.25) is 0 Å². The number of aromatic nitrogens is 4. The first kappa shape index (κ1) is 9.93. The molecule has 0 aliphatic heterocycles. The fourth-order valence-electron chi connectivity index (χ4n) is 0.862. The first-order valence-electron chi connectivity index (χ1n) is 3.53. The third kappa shape index (κ3) is 2.16. The van der Waals surface area contributed by atoms with Crippen LogP contribution in [0, 0.1) is 0 Å². The molecule has 0 amide bonds. The van der Waals surface area contributed by atoms with Gasteiger partial charge >= 0.3 is 0 Å². The van der Waals surface area contributed by atoms with E-state index >= 15 is 0 Å². The van der Waals surface area contributed by atoms with Crippen molar-refractivity contribution in [3.05, 3.63) is 5.82 Å². The second-order valence-electron chi connectivity index (χ2n) is 2.69. The monoisotopic (exact) mass is 192 g/mol. The summed E-state index contributed by atoms with van der Waals surface area (Å²) in [4.78, 5) is 1.09. The average molecular weight is 192 g/mol. The lowest BCUT2D eigenvalue weighted by Gasteiger charge is -2.18.